The molecule has 0 aliphatic heterocycles. The van der Waals surface area contributed by atoms with E-state index in [0.717, 1.165) is 51.0 Å². The molecule has 114 valence electrons. The van der Waals surface area contributed by atoms with Crippen molar-refractivity contribution in [3.05, 3.63) is 34.6 Å². The summed E-state index contributed by atoms with van der Waals surface area (Å²) in [4.78, 5) is 0. The molecule has 1 aromatic carbocycles. The molecule has 0 fully saturated rings. The summed E-state index contributed by atoms with van der Waals surface area (Å²) >= 11 is 5.71. The molecule has 0 aliphatic rings. The smallest absolute Gasteiger partial charge is 0.142 e. The lowest BCUT2D eigenvalue weighted by Gasteiger charge is -2.19. The Bertz CT molecular complexity index is 387. The van der Waals surface area contributed by atoms with Crippen molar-refractivity contribution in [2.24, 2.45) is 0 Å². The number of benzene rings is 1. The van der Waals surface area contributed by atoms with Gasteiger partial charge in [0.15, 0.2) is 0 Å². The maximum absolute atomic E-state index is 13.5. The van der Waals surface area contributed by atoms with Crippen LogP contribution in [0.15, 0.2) is 18.2 Å². The van der Waals surface area contributed by atoms with Crippen LogP contribution in [0.5, 0.6) is 0 Å². The standard InChI is InChI=1S/C16H25ClFNO/c1-3-8-19-14(7-10-20-9-4-2)11-13-5-6-15(17)16(18)12-13/h5-6,12,14,19H,3-4,7-11H2,1-2H3. The molecule has 0 aliphatic carbocycles. The highest BCUT2D eigenvalue weighted by atomic mass is 35.5. The fourth-order valence-corrected chi connectivity index (χ4v) is 2.17. The van der Waals surface area contributed by atoms with Gasteiger partial charge in [-0.1, -0.05) is 31.5 Å². The molecule has 0 saturated carbocycles. The lowest BCUT2D eigenvalue weighted by Crippen LogP contribution is -2.33. The Labute approximate surface area is 126 Å². The van der Waals surface area contributed by atoms with Crippen LogP contribution in [0.25, 0.3) is 0 Å². The van der Waals surface area contributed by atoms with Gasteiger partial charge in [0.2, 0.25) is 0 Å². The fourth-order valence-electron chi connectivity index (χ4n) is 2.05. The number of hydrogen-bond donors (Lipinski definition) is 1. The van der Waals surface area contributed by atoms with E-state index < -0.39 is 0 Å². The minimum atomic E-state index is -0.347. The molecule has 0 amide bonds. The van der Waals surface area contributed by atoms with Crippen molar-refractivity contribution in [2.45, 2.75) is 45.6 Å². The highest BCUT2D eigenvalue weighted by Crippen LogP contribution is 2.17. The molecule has 1 N–H and O–H groups in total. The molecule has 0 radical (unpaired) electrons. The molecular weight excluding hydrogens is 277 g/mol. The number of halogens is 2. The Morgan fingerprint density at radius 1 is 1.25 bits per heavy atom. The lowest BCUT2D eigenvalue weighted by molar-refractivity contribution is 0.124. The van der Waals surface area contributed by atoms with Crippen molar-refractivity contribution in [1.29, 1.82) is 0 Å². The van der Waals surface area contributed by atoms with Gasteiger partial charge in [-0.15, -0.1) is 0 Å². The van der Waals surface area contributed by atoms with Crippen LogP contribution in [0.4, 0.5) is 4.39 Å². The zero-order valence-electron chi connectivity index (χ0n) is 12.4. The van der Waals surface area contributed by atoms with Crippen LogP contribution in [0.2, 0.25) is 5.02 Å². The van der Waals surface area contributed by atoms with Gasteiger partial charge in [0.05, 0.1) is 5.02 Å². The Kier molecular flexibility index (Phi) is 8.83. The van der Waals surface area contributed by atoms with E-state index in [1.165, 1.54) is 6.07 Å². The topological polar surface area (TPSA) is 21.3 Å². The molecule has 1 aromatic rings. The van der Waals surface area contributed by atoms with Crippen LogP contribution in [-0.4, -0.2) is 25.8 Å². The zero-order chi connectivity index (χ0) is 14.8. The predicted octanol–water partition coefficient (Wildman–Crippen LogP) is 4.21. The molecule has 1 atom stereocenters. The first kappa shape index (κ1) is 17.4. The molecule has 1 rings (SSSR count). The van der Waals surface area contributed by atoms with Crippen molar-refractivity contribution >= 4 is 11.6 Å². The normalized spacial score (nSPS) is 12.6. The Balaban J connectivity index is 2.51. The van der Waals surface area contributed by atoms with Crippen LogP contribution in [0.3, 0.4) is 0 Å². The van der Waals surface area contributed by atoms with Crippen molar-refractivity contribution in [1.82, 2.24) is 5.32 Å². The lowest BCUT2D eigenvalue weighted by atomic mass is 10.0. The molecule has 0 bridgehead atoms. The van der Waals surface area contributed by atoms with Gasteiger partial charge in [-0.3, -0.25) is 0 Å². The molecule has 4 heteroatoms. The van der Waals surface area contributed by atoms with Gasteiger partial charge in [-0.25, -0.2) is 4.39 Å². The van der Waals surface area contributed by atoms with Crippen LogP contribution in [0, 0.1) is 5.82 Å². The summed E-state index contributed by atoms with van der Waals surface area (Å²) in [5.74, 6) is -0.347. The van der Waals surface area contributed by atoms with E-state index in [9.17, 15) is 4.39 Å². The van der Waals surface area contributed by atoms with Crippen LogP contribution < -0.4 is 5.32 Å². The van der Waals surface area contributed by atoms with Gasteiger partial charge in [-0.2, -0.15) is 0 Å². The zero-order valence-corrected chi connectivity index (χ0v) is 13.2. The van der Waals surface area contributed by atoms with Gasteiger partial charge >= 0.3 is 0 Å². The van der Waals surface area contributed by atoms with Gasteiger partial charge in [0, 0.05) is 19.3 Å². The summed E-state index contributed by atoms with van der Waals surface area (Å²) in [7, 11) is 0. The monoisotopic (exact) mass is 301 g/mol. The maximum atomic E-state index is 13.5. The van der Waals surface area contributed by atoms with E-state index in [4.69, 9.17) is 16.3 Å². The summed E-state index contributed by atoms with van der Waals surface area (Å²) in [6, 6.07) is 5.35. The summed E-state index contributed by atoms with van der Waals surface area (Å²) in [6.45, 7) is 6.75. The van der Waals surface area contributed by atoms with E-state index in [2.05, 4.69) is 19.2 Å². The van der Waals surface area contributed by atoms with E-state index in [-0.39, 0.29) is 10.8 Å². The molecule has 0 aromatic heterocycles. The van der Waals surface area contributed by atoms with Crippen molar-refractivity contribution in [3.8, 4) is 0 Å². The van der Waals surface area contributed by atoms with Gasteiger partial charge < -0.3 is 10.1 Å². The largest absolute Gasteiger partial charge is 0.381 e. The maximum Gasteiger partial charge on any atom is 0.142 e. The first-order valence-corrected chi connectivity index (χ1v) is 7.80. The van der Waals surface area contributed by atoms with E-state index in [1.54, 1.807) is 6.07 Å². The third-order valence-corrected chi connectivity index (χ3v) is 3.41. The Hall–Kier alpha value is -0.640. The van der Waals surface area contributed by atoms with Gasteiger partial charge in [0.25, 0.3) is 0 Å². The summed E-state index contributed by atoms with van der Waals surface area (Å²) in [5, 5.41) is 3.67. The third kappa shape index (κ3) is 6.69. The quantitative estimate of drug-likeness (QED) is 0.654. The minimum absolute atomic E-state index is 0.179. The second-order valence-corrected chi connectivity index (χ2v) is 5.41. The minimum Gasteiger partial charge on any atom is -0.381 e. The molecule has 1 unspecified atom stereocenters. The first-order chi connectivity index (χ1) is 9.67. The highest BCUT2D eigenvalue weighted by molar-refractivity contribution is 6.30. The first-order valence-electron chi connectivity index (χ1n) is 7.42. The van der Waals surface area contributed by atoms with Crippen LogP contribution in [-0.2, 0) is 11.2 Å². The van der Waals surface area contributed by atoms with Crippen LogP contribution in [0.1, 0.15) is 38.7 Å². The number of rotatable bonds is 10. The van der Waals surface area contributed by atoms with Gasteiger partial charge in [0.1, 0.15) is 5.82 Å². The third-order valence-electron chi connectivity index (χ3n) is 3.11. The van der Waals surface area contributed by atoms with Crippen molar-refractivity contribution in [3.63, 3.8) is 0 Å². The van der Waals surface area contributed by atoms with E-state index >= 15 is 0 Å². The van der Waals surface area contributed by atoms with Crippen molar-refractivity contribution in [2.75, 3.05) is 19.8 Å². The summed E-state index contributed by atoms with van der Waals surface area (Å²) in [6.07, 6.45) is 3.85. The Morgan fingerprint density at radius 3 is 2.70 bits per heavy atom. The van der Waals surface area contributed by atoms with Gasteiger partial charge in [-0.05, 0) is 49.9 Å². The van der Waals surface area contributed by atoms with E-state index in [1.807, 2.05) is 6.07 Å². The molecule has 0 spiro atoms. The SMILES string of the molecule is CCCNC(CCOCCC)Cc1ccc(Cl)c(F)c1. The number of hydrogen-bond acceptors (Lipinski definition) is 2. The van der Waals surface area contributed by atoms with Crippen molar-refractivity contribution < 1.29 is 9.13 Å². The Morgan fingerprint density at radius 2 is 2.05 bits per heavy atom. The molecule has 2 nitrogen and oxygen atoms in total. The average Bonchev–Trinajstić information content (AvgIpc) is 2.44. The molecular formula is C16H25ClFNO. The second kappa shape index (κ2) is 10.1. The van der Waals surface area contributed by atoms with E-state index in [0.29, 0.717) is 6.04 Å². The number of ether oxygens (including phenoxy) is 1. The second-order valence-electron chi connectivity index (χ2n) is 5.00. The fraction of sp³-hybridized carbons (Fsp3) is 0.625. The molecule has 0 saturated heterocycles. The molecule has 20 heavy (non-hydrogen) atoms. The molecule has 0 heterocycles. The number of nitrogens with one attached hydrogen (secondary N) is 1. The summed E-state index contributed by atoms with van der Waals surface area (Å²) in [5.41, 5.74) is 0.969. The average molecular weight is 302 g/mol. The summed E-state index contributed by atoms with van der Waals surface area (Å²) < 4.78 is 19.0. The van der Waals surface area contributed by atoms with Crippen LogP contribution >= 0.6 is 11.6 Å². The highest BCUT2D eigenvalue weighted by Gasteiger charge is 2.10. The predicted molar refractivity (Wildman–Crippen MR) is 82.9 cm³/mol.